The maximum Gasteiger partial charge on any atom is 0.181 e. The minimum atomic E-state index is -3.48. The third-order valence-corrected chi connectivity index (χ3v) is 4.90. The average Bonchev–Trinajstić information content (AvgIpc) is 2.57. The molecule has 1 atom stereocenters. The lowest BCUT2D eigenvalue weighted by Crippen LogP contribution is -2.25. The van der Waals surface area contributed by atoms with Crippen LogP contribution in [0, 0.1) is 5.82 Å². The zero-order chi connectivity index (χ0) is 13.4. The molecule has 3 nitrogen and oxygen atoms in total. The van der Waals surface area contributed by atoms with Crippen LogP contribution in [0.25, 0.3) is 0 Å². The van der Waals surface area contributed by atoms with Gasteiger partial charge < -0.3 is 4.74 Å². The van der Waals surface area contributed by atoms with E-state index in [2.05, 4.69) is 0 Å². The molecular weight excluding hydrogens is 255 g/mol. The fraction of sp³-hybridized carbons (Fsp3) is 0.538. The number of benzene rings is 1. The van der Waals surface area contributed by atoms with Gasteiger partial charge in [0.05, 0.1) is 22.4 Å². The van der Waals surface area contributed by atoms with Gasteiger partial charge in [-0.2, -0.15) is 0 Å². The molecule has 1 fully saturated rings. The lowest BCUT2D eigenvalue weighted by atomic mass is 10.1. The van der Waals surface area contributed by atoms with Crippen molar-refractivity contribution in [2.24, 2.45) is 0 Å². The van der Waals surface area contributed by atoms with E-state index in [0.29, 0.717) is 0 Å². The van der Waals surface area contributed by atoms with Crippen molar-refractivity contribution < 1.29 is 17.5 Å². The summed E-state index contributed by atoms with van der Waals surface area (Å²) >= 11 is 0. The summed E-state index contributed by atoms with van der Waals surface area (Å²) in [5.41, 5.74) is -0.262. The van der Waals surface area contributed by atoms with Crippen molar-refractivity contribution in [3.05, 3.63) is 30.1 Å². The van der Waals surface area contributed by atoms with Gasteiger partial charge >= 0.3 is 0 Å². The first kappa shape index (κ1) is 13.5. The second kappa shape index (κ2) is 4.63. The van der Waals surface area contributed by atoms with Crippen molar-refractivity contribution in [1.29, 1.82) is 0 Å². The Morgan fingerprint density at radius 1 is 1.44 bits per heavy atom. The Morgan fingerprint density at radius 2 is 2.17 bits per heavy atom. The number of sulfone groups is 1. The second-order valence-corrected chi connectivity index (χ2v) is 7.31. The fourth-order valence-electron chi connectivity index (χ4n) is 2.20. The van der Waals surface area contributed by atoms with E-state index in [4.69, 9.17) is 4.74 Å². The molecule has 1 heterocycles. The zero-order valence-electron chi connectivity index (χ0n) is 10.5. The molecule has 1 aromatic carbocycles. The standard InChI is InChI=1S/C13H17FO3S/c1-13(2)7-6-11(17-13)9-18(15,16)12-5-3-4-10(14)8-12/h3-5,8,11H,6-7,9H2,1-2H3. The minimum Gasteiger partial charge on any atom is -0.371 e. The molecule has 18 heavy (non-hydrogen) atoms. The summed E-state index contributed by atoms with van der Waals surface area (Å²) < 4.78 is 42.9. The van der Waals surface area contributed by atoms with Gasteiger partial charge in [-0.15, -0.1) is 0 Å². The van der Waals surface area contributed by atoms with E-state index in [0.717, 1.165) is 18.9 Å². The third kappa shape index (κ3) is 3.09. The predicted octanol–water partition coefficient (Wildman–Crippen LogP) is 2.56. The number of hydrogen-bond donors (Lipinski definition) is 0. The van der Waals surface area contributed by atoms with Gasteiger partial charge in [-0.25, -0.2) is 12.8 Å². The van der Waals surface area contributed by atoms with Crippen LogP contribution in [0.4, 0.5) is 4.39 Å². The van der Waals surface area contributed by atoms with Gasteiger partial charge in [-0.1, -0.05) is 6.07 Å². The highest BCUT2D eigenvalue weighted by Gasteiger charge is 2.34. The summed E-state index contributed by atoms with van der Waals surface area (Å²) in [6.07, 6.45) is 1.27. The summed E-state index contributed by atoms with van der Waals surface area (Å²) in [5, 5.41) is 0. The maximum absolute atomic E-state index is 13.0. The SMILES string of the molecule is CC1(C)CCC(CS(=O)(=O)c2cccc(F)c2)O1. The molecule has 2 rings (SSSR count). The third-order valence-electron chi connectivity index (χ3n) is 3.11. The van der Waals surface area contributed by atoms with Gasteiger partial charge in [0, 0.05) is 0 Å². The van der Waals surface area contributed by atoms with Crippen LogP contribution in [0.1, 0.15) is 26.7 Å². The van der Waals surface area contributed by atoms with Crippen LogP contribution < -0.4 is 0 Å². The lowest BCUT2D eigenvalue weighted by molar-refractivity contribution is -0.00527. The Morgan fingerprint density at radius 3 is 2.72 bits per heavy atom. The first-order valence-corrected chi connectivity index (χ1v) is 7.60. The molecule has 0 aliphatic carbocycles. The van der Waals surface area contributed by atoms with Crippen LogP contribution in [0.15, 0.2) is 29.2 Å². The molecule has 0 amide bonds. The molecule has 5 heteroatoms. The van der Waals surface area contributed by atoms with Crippen molar-refractivity contribution in [2.75, 3.05) is 5.75 Å². The van der Waals surface area contributed by atoms with Gasteiger partial charge in [0.1, 0.15) is 5.82 Å². The first-order chi connectivity index (χ1) is 8.28. The summed E-state index contributed by atoms with van der Waals surface area (Å²) in [4.78, 5) is 0.0239. The average molecular weight is 272 g/mol. The van der Waals surface area contributed by atoms with Gasteiger partial charge in [0.2, 0.25) is 0 Å². The van der Waals surface area contributed by atoms with E-state index in [9.17, 15) is 12.8 Å². The highest BCUT2D eigenvalue weighted by molar-refractivity contribution is 7.91. The molecular formula is C13H17FO3S. The summed E-state index contributed by atoms with van der Waals surface area (Å²) in [6, 6.07) is 5.10. The van der Waals surface area contributed by atoms with Crippen LogP contribution in [-0.2, 0) is 14.6 Å². The molecule has 1 aliphatic rings. The Balaban J connectivity index is 2.14. The van der Waals surface area contributed by atoms with Crippen molar-refractivity contribution in [3.63, 3.8) is 0 Å². The maximum atomic E-state index is 13.0. The van der Waals surface area contributed by atoms with Gasteiger partial charge in [-0.3, -0.25) is 0 Å². The Bertz CT molecular complexity index is 537. The van der Waals surface area contributed by atoms with Crippen molar-refractivity contribution in [2.45, 2.75) is 43.3 Å². The topological polar surface area (TPSA) is 43.4 Å². The van der Waals surface area contributed by atoms with Crippen molar-refractivity contribution in [3.8, 4) is 0 Å². The van der Waals surface area contributed by atoms with Crippen LogP contribution >= 0.6 is 0 Å². The van der Waals surface area contributed by atoms with E-state index >= 15 is 0 Å². The van der Waals surface area contributed by atoms with Gasteiger partial charge in [0.15, 0.2) is 9.84 Å². The monoisotopic (exact) mass is 272 g/mol. The van der Waals surface area contributed by atoms with E-state index in [1.807, 2.05) is 13.8 Å². The molecule has 0 saturated carbocycles. The smallest absolute Gasteiger partial charge is 0.181 e. The highest BCUT2D eigenvalue weighted by Crippen LogP contribution is 2.31. The minimum absolute atomic E-state index is 0.0239. The first-order valence-electron chi connectivity index (χ1n) is 5.95. The molecule has 0 radical (unpaired) electrons. The molecule has 0 N–H and O–H groups in total. The number of ether oxygens (including phenoxy) is 1. The van der Waals surface area contributed by atoms with Crippen molar-refractivity contribution in [1.82, 2.24) is 0 Å². The molecule has 1 aromatic rings. The summed E-state index contributed by atoms with van der Waals surface area (Å²) in [6.45, 7) is 3.89. The molecule has 0 spiro atoms. The molecule has 1 aliphatic heterocycles. The Hall–Kier alpha value is -0.940. The van der Waals surface area contributed by atoms with E-state index in [1.54, 1.807) is 0 Å². The highest BCUT2D eigenvalue weighted by atomic mass is 32.2. The second-order valence-electron chi connectivity index (χ2n) is 5.28. The van der Waals surface area contributed by atoms with E-state index < -0.39 is 15.7 Å². The quantitative estimate of drug-likeness (QED) is 0.849. The predicted molar refractivity (Wildman–Crippen MR) is 66.6 cm³/mol. The number of halogens is 1. The normalized spacial score (nSPS) is 23.2. The largest absolute Gasteiger partial charge is 0.371 e. The molecule has 0 aromatic heterocycles. The van der Waals surface area contributed by atoms with Gasteiger partial charge in [0.25, 0.3) is 0 Å². The Labute approximate surface area is 107 Å². The lowest BCUT2D eigenvalue weighted by Gasteiger charge is -2.19. The van der Waals surface area contributed by atoms with Crippen LogP contribution in [0.5, 0.6) is 0 Å². The van der Waals surface area contributed by atoms with Crippen LogP contribution in [-0.4, -0.2) is 25.9 Å². The van der Waals surface area contributed by atoms with Crippen LogP contribution in [0.2, 0.25) is 0 Å². The number of hydrogen-bond acceptors (Lipinski definition) is 3. The molecule has 1 saturated heterocycles. The fourth-order valence-corrected chi connectivity index (χ4v) is 3.69. The van der Waals surface area contributed by atoms with E-state index in [1.165, 1.54) is 18.2 Å². The molecule has 1 unspecified atom stereocenters. The zero-order valence-corrected chi connectivity index (χ0v) is 11.3. The Kier molecular flexibility index (Phi) is 3.47. The number of rotatable bonds is 3. The van der Waals surface area contributed by atoms with Crippen LogP contribution in [0.3, 0.4) is 0 Å². The van der Waals surface area contributed by atoms with Gasteiger partial charge in [-0.05, 0) is 44.9 Å². The summed E-state index contributed by atoms with van der Waals surface area (Å²) in [5.74, 6) is -0.622. The molecule has 100 valence electrons. The molecule has 0 bridgehead atoms. The van der Waals surface area contributed by atoms with E-state index in [-0.39, 0.29) is 22.4 Å². The van der Waals surface area contributed by atoms with Crippen molar-refractivity contribution >= 4 is 9.84 Å². The summed E-state index contributed by atoms with van der Waals surface area (Å²) in [7, 11) is -3.48.